The molecule has 1 aliphatic carbocycles. The van der Waals surface area contributed by atoms with Gasteiger partial charge in [0.05, 0.1) is 0 Å². The summed E-state index contributed by atoms with van der Waals surface area (Å²) >= 11 is 1.46. The number of rotatable bonds is 4. The van der Waals surface area contributed by atoms with Crippen LogP contribution in [0.4, 0.5) is 4.39 Å². The van der Waals surface area contributed by atoms with Crippen LogP contribution in [0.2, 0.25) is 0 Å². The average Bonchev–Trinajstić information content (AvgIpc) is 2.96. The van der Waals surface area contributed by atoms with Crippen molar-refractivity contribution in [2.75, 3.05) is 6.61 Å². The van der Waals surface area contributed by atoms with Crippen LogP contribution in [0.5, 0.6) is 0 Å². The van der Waals surface area contributed by atoms with E-state index in [9.17, 15) is 14.0 Å². The van der Waals surface area contributed by atoms with Gasteiger partial charge in [0.25, 0.3) is 0 Å². The van der Waals surface area contributed by atoms with E-state index in [-0.39, 0.29) is 12.4 Å². The first-order chi connectivity index (χ1) is 11.0. The van der Waals surface area contributed by atoms with Crippen LogP contribution in [0.15, 0.2) is 30.3 Å². The van der Waals surface area contributed by atoms with Crippen LogP contribution in [-0.2, 0) is 17.6 Å². The second-order valence-corrected chi connectivity index (χ2v) is 7.05. The number of thiophene rings is 1. The SMILES string of the molecule is C[C@@H]1CCc2sc(C(=O)OCC(=O)c3ccc(F)cc3)cc2C1. The Hall–Kier alpha value is -2.01. The Kier molecular flexibility index (Phi) is 4.57. The maximum atomic E-state index is 12.8. The number of benzene rings is 1. The molecule has 0 aliphatic heterocycles. The van der Waals surface area contributed by atoms with Gasteiger partial charge in [-0.1, -0.05) is 6.92 Å². The summed E-state index contributed by atoms with van der Waals surface area (Å²) < 4.78 is 17.9. The highest BCUT2D eigenvalue weighted by Crippen LogP contribution is 2.32. The van der Waals surface area contributed by atoms with Gasteiger partial charge in [0.15, 0.2) is 12.4 Å². The predicted octanol–water partition coefficient (Wildman–Crippen LogP) is 4.05. The normalized spacial score (nSPS) is 16.7. The van der Waals surface area contributed by atoms with E-state index in [1.165, 1.54) is 46.0 Å². The van der Waals surface area contributed by atoms with Crippen molar-refractivity contribution in [2.45, 2.75) is 26.2 Å². The zero-order valence-electron chi connectivity index (χ0n) is 12.8. The molecule has 0 spiro atoms. The van der Waals surface area contributed by atoms with E-state index in [1.807, 2.05) is 6.07 Å². The minimum absolute atomic E-state index is 0.330. The first kappa shape index (κ1) is 15.9. The van der Waals surface area contributed by atoms with E-state index in [0.29, 0.717) is 16.4 Å². The Balaban J connectivity index is 1.61. The number of aryl methyl sites for hydroxylation is 1. The van der Waals surface area contributed by atoms with Gasteiger partial charge >= 0.3 is 5.97 Å². The first-order valence-corrected chi connectivity index (χ1v) is 8.42. The smallest absolute Gasteiger partial charge is 0.348 e. The fourth-order valence-electron chi connectivity index (χ4n) is 2.73. The standard InChI is InChI=1S/C18H17FO3S/c1-11-2-7-16-13(8-11)9-17(23-16)18(21)22-10-15(20)12-3-5-14(19)6-4-12/h3-6,9,11H,2,7-8,10H2,1H3/t11-/m1/s1. The molecule has 5 heteroatoms. The summed E-state index contributed by atoms with van der Waals surface area (Å²) in [5.74, 6) is -0.571. The quantitative estimate of drug-likeness (QED) is 0.626. The molecule has 120 valence electrons. The lowest BCUT2D eigenvalue weighted by Gasteiger charge is -2.16. The Labute approximate surface area is 138 Å². The maximum Gasteiger partial charge on any atom is 0.348 e. The second-order valence-electron chi connectivity index (χ2n) is 5.91. The van der Waals surface area contributed by atoms with Gasteiger partial charge in [-0.3, -0.25) is 4.79 Å². The van der Waals surface area contributed by atoms with Crippen molar-refractivity contribution in [1.29, 1.82) is 0 Å². The van der Waals surface area contributed by atoms with Crippen molar-refractivity contribution in [1.82, 2.24) is 0 Å². The zero-order chi connectivity index (χ0) is 16.4. The van der Waals surface area contributed by atoms with Gasteiger partial charge in [-0.15, -0.1) is 11.3 Å². The predicted molar refractivity (Wildman–Crippen MR) is 86.5 cm³/mol. The minimum Gasteiger partial charge on any atom is -0.453 e. The Morgan fingerprint density at radius 2 is 2.04 bits per heavy atom. The third-order valence-corrected chi connectivity index (χ3v) is 5.25. The zero-order valence-corrected chi connectivity index (χ0v) is 13.6. The van der Waals surface area contributed by atoms with Crippen LogP contribution in [0.25, 0.3) is 0 Å². The van der Waals surface area contributed by atoms with Crippen molar-refractivity contribution in [2.24, 2.45) is 5.92 Å². The van der Waals surface area contributed by atoms with Crippen LogP contribution in [-0.4, -0.2) is 18.4 Å². The molecule has 1 aromatic heterocycles. The molecule has 1 aromatic carbocycles. The highest BCUT2D eigenvalue weighted by molar-refractivity contribution is 7.14. The number of esters is 1. The minimum atomic E-state index is -0.465. The van der Waals surface area contributed by atoms with Gasteiger partial charge in [0, 0.05) is 10.4 Å². The van der Waals surface area contributed by atoms with Crippen LogP contribution in [0.1, 0.15) is 43.8 Å². The molecule has 1 heterocycles. The average molecular weight is 332 g/mol. The summed E-state index contributed by atoms with van der Waals surface area (Å²) in [5.41, 5.74) is 1.56. The fourth-order valence-corrected chi connectivity index (χ4v) is 3.83. The van der Waals surface area contributed by atoms with E-state index >= 15 is 0 Å². The number of hydrogen-bond acceptors (Lipinski definition) is 4. The Morgan fingerprint density at radius 3 is 2.78 bits per heavy atom. The highest BCUT2D eigenvalue weighted by Gasteiger charge is 2.21. The van der Waals surface area contributed by atoms with E-state index in [4.69, 9.17) is 4.74 Å². The molecule has 1 aliphatic rings. The molecule has 2 aromatic rings. The number of fused-ring (bicyclic) bond motifs is 1. The van der Waals surface area contributed by atoms with Gasteiger partial charge in [-0.25, -0.2) is 9.18 Å². The molecule has 0 fully saturated rings. The van der Waals surface area contributed by atoms with E-state index in [1.54, 1.807) is 0 Å². The summed E-state index contributed by atoms with van der Waals surface area (Å²) in [7, 11) is 0. The number of carbonyl (C=O) groups is 2. The summed E-state index contributed by atoms with van der Waals surface area (Å²) in [6.45, 7) is 1.88. The Morgan fingerprint density at radius 1 is 1.30 bits per heavy atom. The summed E-state index contributed by atoms with van der Waals surface area (Å²) in [4.78, 5) is 25.8. The van der Waals surface area contributed by atoms with Crippen molar-refractivity contribution in [3.63, 3.8) is 0 Å². The van der Waals surface area contributed by atoms with Crippen LogP contribution < -0.4 is 0 Å². The summed E-state index contributed by atoms with van der Waals surface area (Å²) in [5, 5.41) is 0. The first-order valence-electron chi connectivity index (χ1n) is 7.60. The van der Waals surface area contributed by atoms with Crippen molar-refractivity contribution in [3.05, 3.63) is 57.0 Å². The molecule has 0 unspecified atom stereocenters. The van der Waals surface area contributed by atoms with Crippen LogP contribution in [0, 0.1) is 11.7 Å². The van der Waals surface area contributed by atoms with Crippen molar-refractivity contribution >= 4 is 23.1 Å². The molecule has 3 nitrogen and oxygen atoms in total. The summed E-state index contributed by atoms with van der Waals surface area (Å²) in [6.07, 6.45) is 3.14. The monoisotopic (exact) mass is 332 g/mol. The number of carbonyl (C=O) groups excluding carboxylic acids is 2. The number of halogens is 1. The van der Waals surface area contributed by atoms with Gasteiger partial charge in [0.1, 0.15) is 10.7 Å². The summed E-state index contributed by atoms with van der Waals surface area (Å²) in [6, 6.07) is 7.08. The molecule has 23 heavy (non-hydrogen) atoms. The largest absolute Gasteiger partial charge is 0.453 e. The number of ether oxygens (including phenoxy) is 1. The van der Waals surface area contributed by atoms with Crippen molar-refractivity contribution < 1.29 is 18.7 Å². The molecule has 0 amide bonds. The number of ketones is 1. The van der Waals surface area contributed by atoms with Crippen LogP contribution >= 0.6 is 11.3 Å². The molecule has 0 saturated carbocycles. The second kappa shape index (κ2) is 6.62. The fraction of sp³-hybridized carbons (Fsp3) is 0.333. The van der Waals surface area contributed by atoms with E-state index in [0.717, 1.165) is 19.3 Å². The van der Waals surface area contributed by atoms with Gasteiger partial charge in [-0.05, 0) is 61.1 Å². The number of hydrogen-bond donors (Lipinski definition) is 0. The molecular weight excluding hydrogens is 315 g/mol. The van der Waals surface area contributed by atoms with Gasteiger partial charge < -0.3 is 4.74 Å². The molecule has 1 atom stereocenters. The van der Waals surface area contributed by atoms with E-state index < -0.39 is 11.8 Å². The highest BCUT2D eigenvalue weighted by atomic mass is 32.1. The molecule has 0 N–H and O–H groups in total. The van der Waals surface area contributed by atoms with Gasteiger partial charge in [-0.2, -0.15) is 0 Å². The van der Waals surface area contributed by atoms with Crippen molar-refractivity contribution in [3.8, 4) is 0 Å². The molecule has 0 radical (unpaired) electrons. The maximum absolute atomic E-state index is 12.8. The number of Topliss-reactive ketones (excluding diaryl/α,β-unsaturated/α-hetero) is 1. The molecule has 0 saturated heterocycles. The molecule has 3 rings (SSSR count). The Bertz CT molecular complexity index is 733. The lowest BCUT2D eigenvalue weighted by molar-refractivity contribution is 0.0479. The topological polar surface area (TPSA) is 43.4 Å². The third-order valence-electron chi connectivity index (χ3n) is 4.03. The molecular formula is C18H17FO3S. The third kappa shape index (κ3) is 3.67. The van der Waals surface area contributed by atoms with E-state index in [2.05, 4.69) is 6.92 Å². The molecule has 0 bridgehead atoms. The lowest BCUT2D eigenvalue weighted by Crippen LogP contribution is -2.13. The lowest BCUT2D eigenvalue weighted by atomic mass is 9.90. The van der Waals surface area contributed by atoms with Gasteiger partial charge in [0.2, 0.25) is 0 Å². The van der Waals surface area contributed by atoms with Crippen LogP contribution in [0.3, 0.4) is 0 Å².